The predicted molar refractivity (Wildman–Crippen MR) is 81.6 cm³/mol. The molecule has 1 saturated carbocycles. The van der Waals surface area contributed by atoms with Crippen molar-refractivity contribution in [2.75, 3.05) is 21.3 Å². The third-order valence-electron chi connectivity index (χ3n) is 3.84. The second kappa shape index (κ2) is 6.80. The zero-order valence-electron chi connectivity index (χ0n) is 13.2. The zero-order valence-corrected chi connectivity index (χ0v) is 13.2. The summed E-state index contributed by atoms with van der Waals surface area (Å²) in [6.07, 6.45) is 2.22. The van der Waals surface area contributed by atoms with E-state index in [-0.39, 0.29) is 11.9 Å². The van der Waals surface area contributed by atoms with E-state index in [2.05, 4.69) is 5.32 Å². The lowest BCUT2D eigenvalue weighted by molar-refractivity contribution is -0.125. The average molecular weight is 292 g/mol. The zero-order chi connectivity index (χ0) is 15.4. The Kier molecular flexibility index (Phi) is 5.07. The lowest BCUT2D eigenvalue weighted by atomic mass is 10.1. The molecule has 0 spiro atoms. The number of benzene rings is 1. The summed E-state index contributed by atoms with van der Waals surface area (Å²) in [6.45, 7) is 2.61. The van der Waals surface area contributed by atoms with Crippen LogP contribution in [0.4, 0.5) is 0 Å². The Labute approximate surface area is 126 Å². The Balaban J connectivity index is 1.97. The van der Waals surface area contributed by atoms with Crippen molar-refractivity contribution in [3.8, 4) is 11.5 Å². The summed E-state index contributed by atoms with van der Waals surface area (Å²) in [6, 6.07) is 6.06. The smallest absolute Gasteiger partial charge is 0.237 e. The van der Waals surface area contributed by atoms with Crippen LogP contribution in [0, 0.1) is 0 Å². The van der Waals surface area contributed by atoms with Gasteiger partial charge in [0.2, 0.25) is 5.91 Å². The van der Waals surface area contributed by atoms with Gasteiger partial charge in [-0.15, -0.1) is 0 Å². The highest BCUT2D eigenvalue weighted by Gasteiger charge is 2.27. The third kappa shape index (κ3) is 4.11. The summed E-state index contributed by atoms with van der Waals surface area (Å²) < 4.78 is 10.5. The normalized spacial score (nSPS) is 15.7. The number of hydrogen-bond acceptors (Lipinski definition) is 4. The van der Waals surface area contributed by atoms with Crippen LogP contribution in [0.3, 0.4) is 0 Å². The quantitative estimate of drug-likeness (QED) is 0.832. The number of carbonyl (C=O) groups is 1. The molecule has 5 heteroatoms. The molecule has 1 aliphatic carbocycles. The standard InChI is InChI=1S/C16H24N2O3/c1-11(16(19)17-13-6-7-13)18(2)10-12-5-8-14(20-3)15(9-12)21-4/h5,8-9,11,13H,6-7,10H2,1-4H3,(H,17,19)/t11-/m0/s1. The molecule has 5 nitrogen and oxygen atoms in total. The lowest BCUT2D eigenvalue weighted by Gasteiger charge is -2.24. The van der Waals surface area contributed by atoms with Gasteiger partial charge in [-0.1, -0.05) is 6.07 Å². The summed E-state index contributed by atoms with van der Waals surface area (Å²) in [5.41, 5.74) is 1.08. The summed E-state index contributed by atoms with van der Waals surface area (Å²) >= 11 is 0. The number of nitrogens with zero attached hydrogens (tertiary/aromatic N) is 1. The van der Waals surface area contributed by atoms with Crippen LogP contribution >= 0.6 is 0 Å². The van der Waals surface area contributed by atoms with E-state index in [1.54, 1.807) is 14.2 Å². The average Bonchev–Trinajstić information content (AvgIpc) is 3.29. The number of likely N-dealkylation sites (N-methyl/N-ethyl adjacent to an activating group) is 1. The van der Waals surface area contributed by atoms with Crippen LogP contribution in [0.15, 0.2) is 18.2 Å². The van der Waals surface area contributed by atoms with Crippen molar-refractivity contribution in [1.29, 1.82) is 0 Å². The van der Waals surface area contributed by atoms with E-state index in [1.807, 2.05) is 37.1 Å². The minimum absolute atomic E-state index is 0.0977. The molecule has 1 aromatic rings. The first-order chi connectivity index (χ1) is 10.0. The molecule has 0 heterocycles. The number of nitrogens with one attached hydrogen (secondary N) is 1. The van der Waals surface area contributed by atoms with E-state index in [0.29, 0.717) is 24.1 Å². The molecule has 0 radical (unpaired) electrons. The van der Waals surface area contributed by atoms with Crippen molar-refractivity contribution in [1.82, 2.24) is 10.2 Å². The van der Waals surface area contributed by atoms with E-state index in [0.717, 1.165) is 18.4 Å². The number of amides is 1. The molecule has 2 rings (SSSR count). The molecule has 1 aromatic carbocycles. The van der Waals surface area contributed by atoms with Crippen LogP contribution in [-0.2, 0) is 11.3 Å². The van der Waals surface area contributed by atoms with Crippen molar-refractivity contribution in [2.24, 2.45) is 0 Å². The van der Waals surface area contributed by atoms with Crippen LogP contribution in [0.25, 0.3) is 0 Å². The highest BCUT2D eigenvalue weighted by atomic mass is 16.5. The van der Waals surface area contributed by atoms with E-state index >= 15 is 0 Å². The number of ether oxygens (including phenoxy) is 2. The maximum atomic E-state index is 12.1. The van der Waals surface area contributed by atoms with Gasteiger partial charge in [0.1, 0.15) is 0 Å². The van der Waals surface area contributed by atoms with Crippen LogP contribution in [0.5, 0.6) is 11.5 Å². The molecule has 1 fully saturated rings. The fraction of sp³-hybridized carbons (Fsp3) is 0.562. The van der Waals surface area contributed by atoms with Crippen molar-refractivity contribution in [2.45, 2.75) is 38.4 Å². The Morgan fingerprint density at radius 2 is 2.00 bits per heavy atom. The topological polar surface area (TPSA) is 50.8 Å². The van der Waals surface area contributed by atoms with Gasteiger partial charge in [-0.2, -0.15) is 0 Å². The second-order valence-electron chi connectivity index (χ2n) is 5.56. The van der Waals surface area contributed by atoms with Gasteiger partial charge >= 0.3 is 0 Å². The molecule has 1 aliphatic rings. The Bertz CT molecular complexity index is 500. The SMILES string of the molecule is COc1ccc(CN(C)[C@@H](C)C(=O)NC2CC2)cc1OC. The first kappa shape index (κ1) is 15.6. The van der Waals surface area contributed by atoms with Gasteiger partial charge in [0.15, 0.2) is 11.5 Å². The number of hydrogen-bond donors (Lipinski definition) is 1. The minimum Gasteiger partial charge on any atom is -0.493 e. The van der Waals surface area contributed by atoms with Crippen LogP contribution in [-0.4, -0.2) is 44.2 Å². The van der Waals surface area contributed by atoms with Crippen LogP contribution < -0.4 is 14.8 Å². The molecule has 1 N–H and O–H groups in total. The third-order valence-corrected chi connectivity index (χ3v) is 3.84. The first-order valence-corrected chi connectivity index (χ1v) is 7.26. The Morgan fingerprint density at radius 3 is 2.57 bits per heavy atom. The molecule has 21 heavy (non-hydrogen) atoms. The van der Waals surface area contributed by atoms with Gasteiger partial charge in [0.05, 0.1) is 20.3 Å². The lowest BCUT2D eigenvalue weighted by Crippen LogP contribution is -2.43. The van der Waals surface area contributed by atoms with Crippen molar-refractivity contribution in [3.05, 3.63) is 23.8 Å². The van der Waals surface area contributed by atoms with Gasteiger partial charge in [-0.25, -0.2) is 0 Å². The molecule has 1 atom stereocenters. The van der Waals surface area contributed by atoms with E-state index < -0.39 is 0 Å². The van der Waals surface area contributed by atoms with Gasteiger partial charge in [0, 0.05) is 12.6 Å². The highest BCUT2D eigenvalue weighted by molar-refractivity contribution is 5.81. The first-order valence-electron chi connectivity index (χ1n) is 7.26. The van der Waals surface area contributed by atoms with Crippen LogP contribution in [0.1, 0.15) is 25.3 Å². The molecule has 0 unspecified atom stereocenters. The number of methoxy groups -OCH3 is 2. The molecule has 0 saturated heterocycles. The Hall–Kier alpha value is -1.75. The molecule has 0 aromatic heterocycles. The summed E-state index contributed by atoms with van der Waals surface area (Å²) in [5.74, 6) is 1.52. The number of carbonyl (C=O) groups excluding carboxylic acids is 1. The monoisotopic (exact) mass is 292 g/mol. The molecule has 0 bridgehead atoms. The maximum Gasteiger partial charge on any atom is 0.237 e. The van der Waals surface area contributed by atoms with E-state index in [4.69, 9.17) is 9.47 Å². The fourth-order valence-corrected chi connectivity index (χ4v) is 2.15. The van der Waals surface area contributed by atoms with E-state index in [9.17, 15) is 4.79 Å². The van der Waals surface area contributed by atoms with E-state index in [1.165, 1.54) is 0 Å². The summed E-state index contributed by atoms with van der Waals surface area (Å²) in [7, 11) is 5.19. The fourth-order valence-electron chi connectivity index (χ4n) is 2.15. The number of rotatable bonds is 7. The van der Waals surface area contributed by atoms with Crippen molar-refractivity contribution >= 4 is 5.91 Å². The van der Waals surface area contributed by atoms with Crippen molar-refractivity contribution < 1.29 is 14.3 Å². The Morgan fingerprint density at radius 1 is 1.33 bits per heavy atom. The van der Waals surface area contributed by atoms with Gasteiger partial charge in [-0.3, -0.25) is 9.69 Å². The van der Waals surface area contributed by atoms with Gasteiger partial charge in [-0.05, 0) is 44.5 Å². The minimum atomic E-state index is -0.154. The van der Waals surface area contributed by atoms with Gasteiger partial charge in [0.25, 0.3) is 0 Å². The van der Waals surface area contributed by atoms with Crippen LogP contribution in [0.2, 0.25) is 0 Å². The second-order valence-corrected chi connectivity index (χ2v) is 5.56. The molecule has 116 valence electrons. The predicted octanol–water partition coefficient (Wildman–Crippen LogP) is 1.80. The highest BCUT2D eigenvalue weighted by Crippen LogP contribution is 2.28. The largest absolute Gasteiger partial charge is 0.493 e. The summed E-state index contributed by atoms with van der Waals surface area (Å²) in [5, 5.41) is 3.04. The molecule has 1 amide bonds. The molecular formula is C16H24N2O3. The van der Waals surface area contributed by atoms with Gasteiger partial charge < -0.3 is 14.8 Å². The summed E-state index contributed by atoms with van der Waals surface area (Å²) in [4.78, 5) is 14.1. The molecular weight excluding hydrogens is 268 g/mol. The van der Waals surface area contributed by atoms with Crippen molar-refractivity contribution in [3.63, 3.8) is 0 Å². The molecule has 0 aliphatic heterocycles. The maximum absolute atomic E-state index is 12.1.